The van der Waals surface area contributed by atoms with E-state index >= 15 is 0 Å². The molecule has 22 heavy (non-hydrogen) atoms. The summed E-state index contributed by atoms with van der Waals surface area (Å²) in [6.45, 7) is 1.71. The molecule has 0 radical (unpaired) electrons. The fourth-order valence-corrected chi connectivity index (χ4v) is 3.88. The molecular formula is C15H20N4O2S. The number of rotatable bonds is 4. The van der Waals surface area contributed by atoms with E-state index in [1.54, 1.807) is 6.20 Å². The molecule has 7 heteroatoms. The first-order valence-corrected chi connectivity index (χ1v) is 9.31. The summed E-state index contributed by atoms with van der Waals surface area (Å²) in [4.78, 5) is 6.78. The van der Waals surface area contributed by atoms with Gasteiger partial charge in [-0.05, 0) is 31.0 Å². The Morgan fingerprint density at radius 1 is 1.36 bits per heavy atom. The van der Waals surface area contributed by atoms with E-state index in [1.807, 2.05) is 18.3 Å². The molecule has 6 nitrogen and oxygen atoms in total. The van der Waals surface area contributed by atoms with Crippen LogP contribution in [0.5, 0.6) is 0 Å². The van der Waals surface area contributed by atoms with E-state index in [0.29, 0.717) is 10.6 Å². The molecule has 0 aliphatic carbocycles. The lowest BCUT2D eigenvalue weighted by molar-refractivity contribution is 0.135. The van der Waals surface area contributed by atoms with Crippen LogP contribution >= 0.6 is 0 Å². The summed E-state index contributed by atoms with van der Waals surface area (Å²) in [7, 11) is -3.27. The Kier molecular flexibility index (Phi) is 4.26. The molecule has 1 fully saturated rings. The van der Waals surface area contributed by atoms with E-state index in [0.717, 1.165) is 37.9 Å². The number of nitrogens with zero attached hydrogens (tertiary/aromatic N) is 3. The second-order valence-electron chi connectivity index (χ2n) is 5.76. The van der Waals surface area contributed by atoms with Gasteiger partial charge in [0.25, 0.3) is 0 Å². The first kappa shape index (κ1) is 15.2. The Labute approximate surface area is 130 Å². The minimum atomic E-state index is -3.27. The summed E-state index contributed by atoms with van der Waals surface area (Å²) in [5, 5.41) is 6.87. The second kappa shape index (κ2) is 6.18. The Hall–Kier alpha value is -1.73. The highest BCUT2D eigenvalue weighted by atomic mass is 32.2. The summed E-state index contributed by atoms with van der Waals surface area (Å²) in [5.74, 6) is 0. The molecule has 0 spiro atoms. The molecule has 118 valence electrons. The average molecular weight is 320 g/mol. The standard InChI is InChI=1S/C15H20N4O2S/c1-22(20,21)14-10-17-18-15(14)13-6-2-3-8-19(13)11-12-5-4-7-16-9-12/h4-5,7,9-10,13H,2-3,6,8,11H2,1H3,(H,17,18)/t13-/m1/s1. The monoisotopic (exact) mass is 320 g/mol. The van der Waals surface area contributed by atoms with Gasteiger partial charge in [-0.1, -0.05) is 12.5 Å². The predicted octanol–water partition coefficient (Wildman–Crippen LogP) is 1.94. The van der Waals surface area contributed by atoms with Gasteiger partial charge in [0, 0.05) is 25.2 Å². The number of aromatic amines is 1. The van der Waals surface area contributed by atoms with Crippen molar-refractivity contribution in [2.75, 3.05) is 12.8 Å². The summed E-state index contributed by atoms with van der Waals surface area (Å²) in [6.07, 6.45) is 9.42. The molecule has 3 heterocycles. The molecule has 0 aromatic carbocycles. The average Bonchev–Trinajstić information content (AvgIpc) is 2.98. The van der Waals surface area contributed by atoms with Gasteiger partial charge in [0.05, 0.1) is 17.9 Å². The first-order chi connectivity index (χ1) is 10.6. The topological polar surface area (TPSA) is 79.0 Å². The normalized spacial score (nSPS) is 20.1. The van der Waals surface area contributed by atoms with E-state index in [1.165, 1.54) is 12.5 Å². The lowest BCUT2D eigenvalue weighted by Crippen LogP contribution is -2.33. The molecule has 1 aliphatic heterocycles. The number of hydrogen-bond donors (Lipinski definition) is 1. The third kappa shape index (κ3) is 3.20. The molecule has 1 saturated heterocycles. The smallest absolute Gasteiger partial charge is 0.178 e. The molecule has 0 bridgehead atoms. The van der Waals surface area contributed by atoms with Crippen LogP contribution in [0.1, 0.15) is 36.6 Å². The fourth-order valence-electron chi connectivity index (χ4n) is 3.05. The lowest BCUT2D eigenvalue weighted by Gasteiger charge is -2.35. The van der Waals surface area contributed by atoms with Crippen LogP contribution in [0.2, 0.25) is 0 Å². The molecular weight excluding hydrogens is 300 g/mol. The number of sulfone groups is 1. The predicted molar refractivity (Wildman–Crippen MR) is 82.9 cm³/mol. The summed E-state index contributed by atoms with van der Waals surface area (Å²) < 4.78 is 23.9. The van der Waals surface area contributed by atoms with Gasteiger partial charge in [-0.15, -0.1) is 0 Å². The second-order valence-corrected chi connectivity index (χ2v) is 7.75. The van der Waals surface area contributed by atoms with Crippen molar-refractivity contribution in [2.24, 2.45) is 0 Å². The highest BCUT2D eigenvalue weighted by Gasteiger charge is 2.29. The van der Waals surface area contributed by atoms with Crippen molar-refractivity contribution >= 4 is 9.84 Å². The van der Waals surface area contributed by atoms with Crippen molar-refractivity contribution in [2.45, 2.75) is 36.7 Å². The Morgan fingerprint density at radius 2 is 2.23 bits per heavy atom. The van der Waals surface area contributed by atoms with Gasteiger partial charge in [0.2, 0.25) is 0 Å². The number of piperidine rings is 1. The molecule has 0 saturated carbocycles. The van der Waals surface area contributed by atoms with Gasteiger partial charge >= 0.3 is 0 Å². The van der Waals surface area contributed by atoms with Gasteiger partial charge in [-0.3, -0.25) is 15.0 Å². The van der Waals surface area contributed by atoms with Gasteiger partial charge in [0.1, 0.15) is 4.90 Å². The van der Waals surface area contributed by atoms with Crippen molar-refractivity contribution in [3.05, 3.63) is 42.0 Å². The number of hydrogen-bond acceptors (Lipinski definition) is 5. The SMILES string of the molecule is CS(=O)(=O)c1cn[nH]c1[C@H]1CCCCN1Cc1cccnc1. The Morgan fingerprint density at radius 3 is 2.95 bits per heavy atom. The minimum Gasteiger partial charge on any atom is -0.290 e. The van der Waals surface area contributed by atoms with Crippen molar-refractivity contribution in [1.29, 1.82) is 0 Å². The van der Waals surface area contributed by atoms with Crippen molar-refractivity contribution in [3.63, 3.8) is 0 Å². The zero-order valence-corrected chi connectivity index (χ0v) is 13.4. The van der Waals surface area contributed by atoms with Crippen LogP contribution < -0.4 is 0 Å². The van der Waals surface area contributed by atoms with Crippen molar-refractivity contribution < 1.29 is 8.42 Å². The largest absolute Gasteiger partial charge is 0.290 e. The molecule has 1 N–H and O–H groups in total. The van der Waals surface area contributed by atoms with E-state index in [9.17, 15) is 8.42 Å². The molecule has 3 rings (SSSR count). The van der Waals surface area contributed by atoms with Gasteiger partial charge in [-0.2, -0.15) is 5.10 Å². The highest BCUT2D eigenvalue weighted by molar-refractivity contribution is 7.90. The molecule has 0 amide bonds. The minimum absolute atomic E-state index is 0.0566. The molecule has 1 atom stereocenters. The summed E-state index contributed by atoms with van der Waals surface area (Å²) >= 11 is 0. The molecule has 0 unspecified atom stereocenters. The number of nitrogens with one attached hydrogen (secondary N) is 1. The zero-order valence-electron chi connectivity index (χ0n) is 12.6. The first-order valence-electron chi connectivity index (χ1n) is 7.42. The van der Waals surface area contributed by atoms with E-state index < -0.39 is 9.84 Å². The number of H-pyrrole nitrogens is 1. The Balaban J connectivity index is 1.89. The maximum absolute atomic E-state index is 11.9. The van der Waals surface area contributed by atoms with Crippen LogP contribution in [0.4, 0.5) is 0 Å². The molecule has 2 aromatic heterocycles. The lowest BCUT2D eigenvalue weighted by atomic mass is 9.99. The van der Waals surface area contributed by atoms with E-state index in [4.69, 9.17) is 0 Å². The zero-order chi connectivity index (χ0) is 15.6. The third-order valence-electron chi connectivity index (χ3n) is 4.09. The van der Waals surface area contributed by atoms with Gasteiger partial charge < -0.3 is 0 Å². The van der Waals surface area contributed by atoms with Gasteiger partial charge in [-0.25, -0.2) is 8.42 Å². The Bertz CT molecular complexity index is 727. The van der Waals surface area contributed by atoms with Crippen molar-refractivity contribution in [3.8, 4) is 0 Å². The maximum atomic E-state index is 11.9. The molecule has 2 aromatic rings. The van der Waals surface area contributed by atoms with Crippen molar-refractivity contribution in [1.82, 2.24) is 20.1 Å². The van der Waals surface area contributed by atoms with E-state index in [2.05, 4.69) is 20.1 Å². The summed E-state index contributed by atoms with van der Waals surface area (Å²) in [5.41, 5.74) is 1.85. The third-order valence-corrected chi connectivity index (χ3v) is 5.21. The fraction of sp³-hybridized carbons (Fsp3) is 0.467. The van der Waals surface area contributed by atoms with Crippen LogP contribution in [0, 0.1) is 0 Å². The maximum Gasteiger partial charge on any atom is 0.178 e. The number of pyridine rings is 1. The van der Waals surface area contributed by atoms with Crippen LogP contribution in [-0.4, -0.2) is 41.3 Å². The quantitative estimate of drug-likeness (QED) is 0.931. The summed E-state index contributed by atoms with van der Waals surface area (Å²) in [6, 6.07) is 4.02. The van der Waals surface area contributed by atoms with Crippen LogP contribution in [0.25, 0.3) is 0 Å². The van der Waals surface area contributed by atoms with Crippen LogP contribution in [-0.2, 0) is 16.4 Å². The van der Waals surface area contributed by atoms with Crippen LogP contribution in [0.15, 0.2) is 35.6 Å². The van der Waals surface area contributed by atoms with Crippen LogP contribution in [0.3, 0.4) is 0 Å². The number of likely N-dealkylation sites (tertiary alicyclic amines) is 1. The number of aromatic nitrogens is 3. The highest BCUT2D eigenvalue weighted by Crippen LogP contribution is 2.34. The van der Waals surface area contributed by atoms with Gasteiger partial charge in [0.15, 0.2) is 9.84 Å². The van der Waals surface area contributed by atoms with E-state index in [-0.39, 0.29) is 6.04 Å². The molecule has 1 aliphatic rings.